The monoisotopic (exact) mass is 592 g/mol. The Morgan fingerprint density at radius 2 is 1.33 bits per heavy atom. The summed E-state index contributed by atoms with van der Waals surface area (Å²) in [5.74, 6) is 0. The molecule has 0 aliphatic carbocycles. The summed E-state index contributed by atoms with van der Waals surface area (Å²) in [6.45, 7) is 11.6. The van der Waals surface area contributed by atoms with Gasteiger partial charge in [0.1, 0.15) is 0 Å². The standard InChI is InChI=1S/C33H44N4O4S/c1-33(2,3)34-32(38)36(20-10-19-35-21-23-41-24-22-35)25-30-15-17-31(18-16-30)42(39,40)37(26-28-11-6-4-7-12-28)27-29-13-8-5-9-14-29/h4-9,11-18H,10,19-27H2,1-3H3,(H,34,38). The van der Waals surface area contributed by atoms with Gasteiger partial charge < -0.3 is 15.0 Å². The van der Waals surface area contributed by atoms with E-state index in [2.05, 4.69) is 10.2 Å². The van der Waals surface area contributed by atoms with E-state index in [0.29, 0.717) is 13.1 Å². The summed E-state index contributed by atoms with van der Waals surface area (Å²) in [6.07, 6.45) is 0.845. The number of amides is 2. The minimum Gasteiger partial charge on any atom is -0.379 e. The van der Waals surface area contributed by atoms with Crippen molar-refractivity contribution in [1.82, 2.24) is 19.4 Å². The van der Waals surface area contributed by atoms with Crippen LogP contribution in [0.1, 0.15) is 43.9 Å². The second-order valence-electron chi connectivity index (χ2n) is 11.8. The first-order valence-electron chi connectivity index (χ1n) is 14.6. The Hall–Kier alpha value is -3.24. The van der Waals surface area contributed by atoms with Gasteiger partial charge in [0.2, 0.25) is 10.0 Å². The molecule has 42 heavy (non-hydrogen) atoms. The number of hydrogen-bond donors (Lipinski definition) is 1. The lowest BCUT2D eigenvalue weighted by Gasteiger charge is -2.30. The highest BCUT2D eigenvalue weighted by Gasteiger charge is 2.26. The molecule has 0 radical (unpaired) electrons. The summed E-state index contributed by atoms with van der Waals surface area (Å²) < 4.78 is 34.7. The van der Waals surface area contributed by atoms with Gasteiger partial charge in [-0.25, -0.2) is 13.2 Å². The summed E-state index contributed by atoms with van der Waals surface area (Å²) in [7, 11) is -3.78. The van der Waals surface area contributed by atoms with Crippen LogP contribution in [0.4, 0.5) is 4.79 Å². The van der Waals surface area contributed by atoms with Gasteiger partial charge in [-0.2, -0.15) is 4.31 Å². The summed E-state index contributed by atoms with van der Waals surface area (Å²) in [6, 6.07) is 26.1. The third-order valence-corrected chi connectivity index (χ3v) is 8.92. The molecule has 0 unspecified atom stereocenters. The summed E-state index contributed by atoms with van der Waals surface area (Å²) in [5, 5.41) is 3.08. The number of ether oxygens (including phenoxy) is 1. The zero-order valence-corrected chi connectivity index (χ0v) is 25.9. The Labute approximate surface area is 251 Å². The lowest BCUT2D eigenvalue weighted by molar-refractivity contribution is 0.0364. The molecule has 1 fully saturated rings. The van der Waals surface area contributed by atoms with Crippen molar-refractivity contribution in [3.8, 4) is 0 Å². The Morgan fingerprint density at radius 1 is 0.810 bits per heavy atom. The van der Waals surface area contributed by atoms with Crippen LogP contribution >= 0.6 is 0 Å². The molecule has 0 bridgehead atoms. The third-order valence-electron chi connectivity index (χ3n) is 7.11. The number of nitrogens with one attached hydrogen (secondary N) is 1. The molecule has 1 aliphatic rings. The summed E-state index contributed by atoms with van der Waals surface area (Å²) >= 11 is 0. The van der Waals surface area contributed by atoms with Crippen molar-refractivity contribution >= 4 is 16.1 Å². The molecule has 9 heteroatoms. The Morgan fingerprint density at radius 3 is 1.86 bits per heavy atom. The fraction of sp³-hybridized carbons (Fsp3) is 0.424. The van der Waals surface area contributed by atoms with Crippen molar-refractivity contribution in [2.45, 2.75) is 57.3 Å². The SMILES string of the molecule is CC(C)(C)NC(=O)N(CCCN1CCOCC1)Cc1ccc(S(=O)(=O)N(Cc2ccccc2)Cc2ccccc2)cc1. The highest BCUT2D eigenvalue weighted by Crippen LogP contribution is 2.22. The van der Waals surface area contributed by atoms with Gasteiger partial charge in [0.25, 0.3) is 0 Å². The zero-order valence-electron chi connectivity index (χ0n) is 25.0. The number of nitrogens with zero attached hydrogens (tertiary/aromatic N) is 3. The van der Waals surface area contributed by atoms with Crippen molar-refractivity contribution in [3.63, 3.8) is 0 Å². The lowest BCUT2D eigenvalue weighted by Crippen LogP contribution is -2.49. The van der Waals surface area contributed by atoms with Crippen LogP contribution in [-0.4, -0.2) is 73.5 Å². The first-order valence-corrected chi connectivity index (χ1v) is 16.1. The van der Waals surface area contributed by atoms with E-state index >= 15 is 0 Å². The maximum absolute atomic E-state index is 13.9. The number of rotatable bonds is 12. The fourth-order valence-corrected chi connectivity index (χ4v) is 6.31. The molecule has 3 aromatic rings. The molecule has 1 aliphatic heterocycles. The maximum atomic E-state index is 13.9. The molecule has 226 valence electrons. The smallest absolute Gasteiger partial charge is 0.318 e. The lowest BCUT2D eigenvalue weighted by atomic mass is 10.1. The highest BCUT2D eigenvalue weighted by atomic mass is 32.2. The average molecular weight is 593 g/mol. The van der Waals surface area contributed by atoms with Crippen LogP contribution in [0.25, 0.3) is 0 Å². The number of carbonyl (C=O) groups excluding carboxylic acids is 1. The van der Waals surface area contributed by atoms with Crippen LogP contribution < -0.4 is 5.32 Å². The van der Waals surface area contributed by atoms with Gasteiger partial charge in [-0.15, -0.1) is 0 Å². The average Bonchev–Trinajstić information content (AvgIpc) is 2.97. The Balaban J connectivity index is 1.48. The van der Waals surface area contributed by atoms with Crippen LogP contribution in [-0.2, 0) is 34.4 Å². The predicted molar refractivity (Wildman–Crippen MR) is 166 cm³/mol. The molecule has 3 aromatic carbocycles. The van der Waals surface area contributed by atoms with Crippen molar-refractivity contribution < 1.29 is 17.9 Å². The molecule has 1 N–H and O–H groups in total. The molecule has 0 spiro atoms. The second kappa shape index (κ2) is 14.8. The quantitative estimate of drug-likeness (QED) is 0.316. The van der Waals surface area contributed by atoms with E-state index in [9.17, 15) is 13.2 Å². The molecule has 2 amide bonds. The number of sulfonamides is 1. The molecular formula is C33H44N4O4S. The van der Waals surface area contributed by atoms with Crippen LogP contribution in [0.2, 0.25) is 0 Å². The minimum absolute atomic E-state index is 0.127. The van der Waals surface area contributed by atoms with Crippen molar-refractivity contribution in [2.75, 3.05) is 39.4 Å². The van der Waals surface area contributed by atoms with Crippen LogP contribution in [0.5, 0.6) is 0 Å². The Kier molecular flexibility index (Phi) is 11.2. The number of benzene rings is 3. The van der Waals surface area contributed by atoms with Crippen molar-refractivity contribution in [3.05, 3.63) is 102 Å². The van der Waals surface area contributed by atoms with Crippen LogP contribution in [0.3, 0.4) is 0 Å². The molecule has 1 saturated heterocycles. The van der Waals surface area contributed by atoms with Gasteiger partial charge in [-0.05, 0) is 56.0 Å². The van der Waals surface area contributed by atoms with E-state index in [-0.39, 0.29) is 29.6 Å². The van der Waals surface area contributed by atoms with Gasteiger partial charge >= 0.3 is 6.03 Å². The minimum atomic E-state index is -3.78. The molecule has 0 atom stereocenters. The van der Waals surface area contributed by atoms with Gasteiger partial charge in [-0.1, -0.05) is 72.8 Å². The molecular weight excluding hydrogens is 548 g/mol. The highest BCUT2D eigenvalue weighted by molar-refractivity contribution is 7.89. The molecule has 8 nitrogen and oxygen atoms in total. The number of urea groups is 1. The first-order chi connectivity index (χ1) is 20.1. The topological polar surface area (TPSA) is 82.2 Å². The molecule has 0 saturated carbocycles. The Bertz CT molecular complexity index is 1310. The van der Waals surface area contributed by atoms with E-state index in [1.807, 2.05) is 98.5 Å². The first kappa shape index (κ1) is 31.7. The van der Waals surface area contributed by atoms with Crippen LogP contribution in [0, 0.1) is 0 Å². The fourth-order valence-electron chi connectivity index (χ4n) is 4.90. The van der Waals surface area contributed by atoms with Gasteiger partial charge in [-0.3, -0.25) is 4.90 Å². The predicted octanol–water partition coefficient (Wildman–Crippen LogP) is 5.11. The number of morpholine rings is 1. The van der Waals surface area contributed by atoms with Gasteiger partial charge in [0.05, 0.1) is 18.1 Å². The summed E-state index contributed by atoms with van der Waals surface area (Å²) in [4.78, 5) is 17.6. The van der Waals surface area contributed by atoms with Gasteiger partial charge in [0.15, 0.2) is 0 Å². The summed E-state index contributed by atoms with van der Waals surface area (Å²) in [5.41, 5.74) is 2.36. The second-order valence-corrected chi connectivity index (χ2v) is 13.7. The number of hydrogen-bond acceptors (Lipinski definition) is 5. The molecule has 1 heterocycles. The van der Waals surface area contributed by atoms with E-state index in [0.717, 1.165) is 56.0 Å². The van der Waals surface area contributed by atoms with Crippen LogP contribution in [0.15, 0.2) is 89.8 Å². The van der Waals surface area contributed by atoms with E-state index in [1.54, 1.807) is 12.1 Å². The van der Waals surface area contributed by atoms with E-state index in [1.165, 1.54) is 4.31 Å². The largest absolute Gasteiger partial charge is 0.379 e. The van der Waals surface area contributed by atoms with Crippen molar-refractivity contribution in [2.24, 2.45) is 0 Å². The molecule has 4 rings (SSSR count). The van der Waals surface area contributed by atoms with E-state index in [4.69, 9.17) is 4.74 Å². The third kappa shape index (κ3) is 9.66. The zero-order chi connectivity index (χ0) is 30.0. The normalized spacial score (nSPS) is 14.6. The molecule has 0 aromatic heterocycles. The number of carbonyl (C=O) groups is 1. The maximum Gasteiger partial charge on any atom is 0.318 e. The van der Waals surface area contributed by atoms with E-state index < -0.39 is 10.0 Å². The van der Waals surface area contributed by atoms with Crippen molar-refractivity contribution in [1.29, 1.82) is 0 Å². The van der Waals surface area contributed by atoms with Gasteiger partial charge in [0, 0.05) is 51.4 Å².